The molecule has 0 bridgehead atoms. The first kappa shape index (κ1) is 15.3. The van der Waals surface area contributed by atoms with Crippen molar-refractivity contribution in [3.8, 4) is 6.07 Å². The number of amides is 1. The molecule has 112 valence electrons. The van der Waals surface area contributed by atoms with E-state index in [1.807, 2.05) is 4.90 Å². The van der Waals surface area contributed by atoms with Gasteiger partial charge in [-0.3, -0.25) is 9.69 Å². The molecule has 2 rings (SSSR count). The number of hydrogen-bond donors (Lipinski definition) is 0. The van der Waals surface area contributed by atoms with E-state index < -0.39 is 5.41 Å². The van der Waals surface area contributed by atoms with Gasteiger partial charge in [-0.15, -0.1) is 0 Å². The van der Waals surface area contributed by atoms with Gasteiger partial charge in [-0.1, -0.05) is 0 Å². The van der Waals surface area contributed by atoms with Gasteiger partial charge in [0.1, 0.15) is 5.41 Å². The molecule has 5 nitrogen and oxygen atoms in total. The highest BCUT2D eigenvalue weighted by molar-refractivity contribution is 5.85. The Kier molecular flexibility index (Phi) is 4.36. The number of nitriles is 1. The summed E-state index contributed by atoms with van der Waals surface area (Å²) in [5.74, 6) is 0.0110. The molecular weight excluding hydrogens is 254 g/mol. The van der Waals surface area contributed by atoms with Crippen LogP contribution in [0, 0.1) is 16.7 Å². The van der Waals surface area contributed by atoms with Gasteiger partial charge in [-0.25, -0.2) is 0 Å². The first-order valence-corrected chi connectivity index (χ1v) is 7.42. The van der Waals surface area contributed by atoms with Crippen LogP contribution in [0.4, 0.5) is 0 Å². The molecule has 0 unspecified atom stereocenters. The zero-order chi connectivity index (χ0) is 14.8. The number of hydrogen-bond acceptors (Lipinski definition) is 4. The fourth-order valence-electron chi connectivity index (χ4n) is 2.98. The third-order valence-corrected chi connectivity index (χ3v) is 4.49. The molecule has 0 aromatic carbocycles. The third-order valence-electron chi connectivity index (χ3n) is 4.49. The van der Waals surface area contributed by atoms with Crippen molar-refractivity contribution < 1.29 is 9.53 Å². The Morgan fingerprint density at radius 3 is 2.15 bits per heavy atom. The summed E-state index contributed by atoms with van der Waals surface area (Å²) in [6.45, 7) is 10.8. The predicted molar refractivity (Wildman–Crippen MR) is 76.0 cm³/mol. The van der Waals surface area contributed by atoms with E-state index in [0.717, 1.165) is 26.2 Å². The SMILES string of the molecule is CC(C)(C)N1CCN(C(=O)C2(C#N)CCOCC2)CC1. The fraction of sp³-hybridized carbons (Fsp3) is 0.867. The molecule has 2 fully saturated rings. The second-order valence-electron chi connectivity index (χ2n) is 6.76. The lowest BCUT2D eigenvalue weighted by molar-refractivity contribution is -0.146. The first-order chi connectivity index (χ1) is 9.39. The summed E-state index contributed by atoms with van der Waals surface area (Å²) in [7, 11) is 0. The van der Waals surface area contributed by atoms with Gasteiger partial charge in [0.2, 0.25) is 5.91 Å². The van der Waals surface area contributed by atoms with Gasteiger partial charge in [-0.05, 0) is 33.6 Å². The van der Waals surface area contributed by atoms with Crippen LogP contribution in [-0.2, 0) is 9.53 Å². The second kappa shape index (κ2) is 5.71. The average Bonchev–Trinajstić information content (AvgIpc) is 2.46. The minimum atomic E-state index is -0.845. The molecule has 2 saturated heterocycles. The van der Waals surface area contributed by atoms with Gasteiger partial charge < -0.3 is 9.64 Å². The van der Waals surface area contributed by atoms with Gasteiger partial charge in [0, 0.05) is 44.9 Å². The Labute approximate surface area is 121 Å². The number of carbonyl (C=O) groups is 1. The van der Waals surface area contributed by atoms with Crippen LogP contribution in [0.3, 0.4) is 0 Å². The van der Waals surface area contributed by atoms with E-state index in [4.69, 9.17) is 4.74 Å². The molecule has 0 spiro atoms. The van der Waals surface area contributed by atoms with Crippen LogP contribution in [0.1, 0.15) is 33.6 Å². The molecular formula is C15H25N3O2. The molecule has 2 aliphatic rings. The molecule has 20 heavy (non-hydrogen) atoms. The maximum atomic E-state index is 12.7. The molecule has 0 N–H and O–H groups in total. The minimum absolute atomic E-state index is 0.0110. The second-order valence-corrected chi connectivity index (χ2v) is 6.76. The largest absolute Gasteiger partial charge is 0.381 e. The number of carbonyl (C=O) groups excluding carboxylic acids is 1. The lowest BCUT2D eigenvalue weighted by Gasteiger charge is -2.44. The van der Waals surface area contributed by atoms with Crippen LogP contribution in [0.2, 0.25) is 0 Å². The van der Waals surface area contributed by atoms with Crippen molar-refractivity contribution >= 4 is 5.91 Å². The zero-order valence-electron chi connectivity index (χ0n) is 12.8. The summed E-state index contributed by atoms with van der Waals surface area (Å²) in [6, 6.07) is 2.27. The monoisotopic (exact) mass is 279 g/mol. The van der Waals surface area contributed by atoms with E-state index in [1.165, 1.54) is 0 Å². The van der Waals surface area contributed by atoms with Crippen LogP contribution >= 0.6 is 0 Å². The molecule has 0 radical (unpaired) electrons. The Morgan fingerprint density at radius 1 is 1.15 bits per heavy atom. The summed E-state index contributed by atoms with van der Waals surface area (Å²) < 4.78 is 5.30. The van der Waals surface area contributed by atoms with Crippen molar-refractivity contribution in [2.75, 3.05) is 39.4 Å². The lowest BCUT2D eigenvalue weighted by Crippen LogP contribution is -2.57. The van der Waals surface area contributed by atoms with Crippen LogP contribution in [0.5, 0.6) is 0 Å². The van der Waals surface area contributed by atoms with Crippen molar-refractivity contribution in [2.24, 2.45) is 5.41 Å². The van der Waals surface area contributed by atoms with Crippen molar-refractivity contribution in [1.82, 2.24) is 9.80 Å². The maximum Gasteiger partial charge on any atom is 0.243 e. The van der Waals surface area contributed by atoms with Crippen molar-refractivity contribution in [3.05, 3.63) is 0 Å². The van der Waals surface area contributed by atoms with Crippen LogP contribution in [0.15, 0.2) is 0 Å². The topological polar surface area (TPSA) is 56.6 Å². The molecule has 0 aromatic rings. The van der Waals surface area contributed by atoms with Crippen LogP contribution in [0.25, 0.3) is 0 Å². The van der Waals surface area contributed by atoms with Crippen molar-refractivity contribution in [3.63, 3.8) is 0 Å². The highest BCUT2D eigenvalue weighted by Gasteiger charge is 2.44. The predicted octanol–water partition coefficient (Wildman–Crippen LogP) is 1.25. The molecule has 0 atom stereocenters. The minimum Gasteiger partial charge on any atom is -0.381 e. The van der Waals surface area contributed by atoms with Crippen LogP contribution in [-0.4, -0.2) is 60.6 Å². The maximum absolute atomic E-state index is 12.7. The van der Waals surface area contributed by atoms with E-state index in [1.54, 1.807) is 0 Å². The van der Waals surface area contributed by atoms with E-state index >= 15 is 0 Å². The molecule has 2 aliphatic heterocycles. The van der Waals surface area contributed by atoms with Crippen LogP contribution < -0.4 is 0 Å². The molecule has 1 amide bonds. The smallest absolute Gasteiger partial charge is 0.243 e. The summed E-state index contributed by atoms with van der Waals surface area (Å²) in [6.07, 6.45) is 1.06. The van der Waals surface area contributed by atoms with E-state index in [-0.39, 0.29) is 11.4 Å². The highest BCUT2D eigenvalue weighted by atomic mass is 16.5. The average molecular weight is 279 g/mol. The summed E-state index contributed by atoms with van der Waals surface area (Å²) in [4.78, 5) is 17.0. The zero-order valence-corrected chi connectivity index (χ0v) is 12.8. The Hall–Kier alpha value is -1.12. The number of piperazine rings is 1. The van der Waals surface area contributed by atoms with E-state index in [9.17, 15) is 10.1 Å². The first-order valence-electron chi connectivity index (χ1n) is 7.42. The highest BCUT2D eigenvalue weighted by Crippen LogP contribution is 2.32. The Bertz CT molecular complexity index is 394. The van der Waals surface area contributed by atoms with Crippen molar-refractivity contribution in [1.29, 1.82) is 5.26 Å². The van der Waals surface area contributed by atoms with Gasteiger partial charge >= 0.3 is 0 Å². The normalized spacial score (nSPS) is 24.2. The summed E-state index contributed by atoms with van der Waals surface area (Å²) in [5.41, 5.74) is -0.705. The quantitative estimate of drug-likeness (QED) is 0.725. The third kappa shape index (κ3) is 2.97. The molecule has 0 aromatic heterocycles. The Balaban J connectivity index is 1.99. The van der Waals surface area contributed by atoms with Gasteiger partial charge in [0.25, 0.3) is 0 Å². The standard InChI is InChI=1S/C15H25N3O2/c1-14(2,3)18-8-6-17(7-9-18)13(19)15(12-16)4-10-20-11-5-15/h4-11H2,1-3H3. The summed E-state index contributed by atoms with van der Waals surface area (Å²) in [5, 5.41) is 9.46. The molecule has 2 heterocycles. The Morgan fingerprint density at radius 2 is 1.70 bits per heavy atom. The van der Waals surface area contributed by atoms with E-state index in [2.05, 4.69) is 31.7 Å². The van der Waals surface area contributed by atoms with E-state index in [0.29, 0.717) is 26.1 Å². The molecule has 0 saturated carbocycles. The van der Waals surface area contributed by atoms with Gasteiger partial charge in [-0.2, -0.15) is 5.26 Å². The summed E-state index contributed by atoms with van der Waals surface area (Å²) >= 11 is 0. The number of ether oxygens (including phenoxy) is 1. The molecule has 5 heteroatoms. The number of nitrogens with zero attached hydrogens (tertiary/aromatic N) is 3. The van der Waals surface area contributed by atoms with Gasteiger partial charge in [0.05, 0.1) is 6.07 Å². The fourth-order valence-corrected chi connectivity index (χ4v) is 2.98. The van der Waals surface area contributed by atoms with Crippen molar-refractivity contribution in [2.45, 2.75) is 39.2 Å². The number of rotatable bonds is 1. The lowest BCUT2D eigenvalue weighted by atomic mass is 9.80. The molecule has 0 aliphatic carbocycles. The van der Waals surface area contributed by atoms with Gasteiger partial charge in [0.15, 0.2) is 0 Å².